The maximum atomic E-state index is 13.6. The van der Waals surface area contributed by atoms with Gasteiger partial charge in [-0.2, -0.15) is 5.10 Å². The average Bonchev–Trinajstić information content (AvgIpc) is 3.47. The molecule has 35 heavy (non-hydrogen) atoms. The number of thiophene rings is 1. The van der Waals surface area contributed by atoms with Gasteiger partial charge in [0.15, 0.2) is 0 Å². The second kappa shape index (κ2) is 10.5. The van der Waals surface area contributed by atoms with Crippen LogP contribution in [0.2, 0.25) is 4.34 Å². The number of rotatable bonds is 6. The van der Waals surface area contributed by atoms with Gasteiger partial charge in [-0.3, -0.25) is 9.59 Å². The number of likely N-dealkylation sites (tertiary alicyclic amines) is 1. The molecule has 2 aromatic heterocycles. The van der Waals surface area contributed by atoms with Crippen molar-refractivity contribution in [3.05, 3.63) is 68.6 Å². The summed E-state index contributed by atoms with van der Waals surface area (Å²) in [5, 5.41) is 4.81. The fourth-order valence-corrected chi connectivity index (χ4v) is 5.61. The first-order valence-electron chi connectivity index (χ1n) is 12.0. The van der Waals surface area contributed by atoms with E-state index in [1.165, 1.54) is 9.56 Å². The molecular formula is C27H32ClN3O3S. The summed E-state index contributed by atoms with van der Waals surface area (Å²) < 4.78 is 7.73. The second-order valence-electron chi connectivity index (χ2n) is 10.0. The highest BCUT2D eigenvalue weighted by molar-refractivity contribution is 7.16. The minimum atomic E-state index is -0.382. The largest absolute Gasteiger partial charge is 0.496 e. The molecule has 6 nitrogen and oxygen atoms in total. The lowest BCUT2D eigenvalue weighted by Gasteiger charge is -2.35. The van der Waals surface area contributed by atoms with Gasteiger partial charge in [0.05, 0.1) is 22.7 Å². The number of para-hydroxylation sites is 1. The minimum absolute atomic E-state index is 0.183. The van der Waals surface area contributed by atoms with E-state index in [-0.39, 0.29) is 23.1 Å². The van der Waals surface area contributed by atoms with E-state index >= 15 is 0 Å². The van der Waals surface area contributed by atoms with Crippen LogP contribution in [0.5, 0.6) is 5.75 Å². The summed E-state index contributed by atoms with van der Waals surface area (Å²) in [6.45, 7) is 7.28. The molecule has 1 saturated heterocycles. The van der Waals surface area contributed by atoms with E-state index in [4.69, 9.17) is 21.4 Å². The zero-order valence-corrected chi connectivity index (χ0v) is 22.3. The first-order valence-corrected chi connectivity index (χ1v) is 13.2. The van der Waals surface area contributed by atoms with Crippen molar-refractivity contribution in [2.24, 2.45) is 5.41 Å². The van der Waals surface area contributed by atoms with Crippen molar-refractivity contribution in [3.63, 3.8) is 0 Å². The molecule has 0 atom stereocenters. The summed E-state index contributed by atoms with van der Waals surface area (Å²) in [6.07, 6.45) is 3.12. The van der Waals surface area contributed by atoms with Crippen LogP contribution in [0.4, 0.5) is 0 Å². The molecule has 0 unspecified atom stereocenters. The van der Waals surface area contributed by atoms with E-state index < -0.39 is 0 Å². The van der Waals surface area contributed by atoms with Crippen molar-refractivity contribution >= 4 is 34.8 Å². The number of methoxy groups -OCH3 is 1. The average molecular weight is 514 g/mol. The van der Waals surface area contributed by atoms with E-state index in [0.29, 0.717) is 30.8 Å². The summed E-state index contributed by atoms with van der Waals surface area (Å²) in [7, 11) is 1.56. The van der Waals surface area contributed by atoms with E-state index in [1.54, 1.807) is 30.6 Å². The zero-order chi connectivity index (χ0) is 25.2. The maximum absolute atomic E-state index is 13.6. The third-order valence-electron chi connectivity index (χ3n) is 6.43. The van der Waals surface area contributed by atoms with Crippen LogP contribution in [0.3, 0.4) is 0 Å². The number of carbonyl (C=O) groups is 2. The number of carbonyl (C=O) groups excluding carboxylic acids is 2. The lowest BCUT2D eigenvalue weighted by Crippen LogP contribution is -2.43. The van der Waals surface area contributed by atoms with E-state index in [1.807, 2.05) is 49.9 Å². The second-order valence-corrected chi connectivity index (χ2v) is 11.8. The van der Waals surface area contributed by atoms with Gasteiger partial charge in [0, 0.05) is 35.0 Å². The number of halogens is 1. The minimum Gasteiger partial charge on any atom is -0.496 e. The molecule has 0 N–H and O–H groups in total. The summed E-state index contributed by atoms with van der Waals surface area (Å²) in [4.78, 5) is 29.4. The number of hydrogen-bond donors (Lipinski definition) is 0. The molecule has 0 aliphatic carbocycles. The van der Waals surface area contributed by atoms with Gasteiger partial charge in [-0.05, 0) is 56.0 Å². The van der Waals surface area contributed by atoms with Gasteiger partial charge in [-0.1, -0.05) is 44.5 Å². The van der Waals surface area contributed by atoms with Gasteiger partial charge in [0.25, 0.3) is 5.91 Å². The van der Waals surface area contributed by atoms with Crippen LogP contribution in [-0.2, 0) is 17.6 Å². The highest BCUT2D eigenvalue weighted by atomic mass is 35.5. The van der Waals surface area contributed by atoms with Crippen LogP contribution in [0, 0.1) is 5.41 Å². The van der Waals surface area contributed by atoms with Gasteiger partial charge in [0.2, 0.25) is 5.91 Å². The van der Waals surface area contributed by atoms with Crippen molar-refractivity contribution in [2.45, 2.75) is 52.4 Å². The zero-order valence-electron chi connectivity index (χ0n) is 20.7. The molecule has 0 bridgehead atoms. The molecule has 0 radical (unpaired) electrons. The highest BCUT2D eigenvalue weighted by Gasteiger charge is 2.32. The predicted octanol–water partition coefficient (Wildman–Crippen LogP) is 5.83. The molecular weight excluding hydrogens is 482 g/mol. The molecule has 0 saturated carbocycles. The van der Waals surface area contributed by atoms with Crippen molar-refractivity contribution in [3.8, 4) is 5.75 Å². The van der Waals surface area contributed by atoms with Crippen molar-refractivity contribution in [2.75, 3.05) is 20.2 Å². The van der Waals surface area contributed by atoms with Gasteiger partial charge in [0.1, 0.15) is 5.75 Å². The topological polar surface area (TPSA) is 64.4 Å². The molecule has 8 heteroatoms. The lowest BCUT2D eigenvalue weighted by molar-refractivity contribution is -0.140. The summed E-state index contributed by atoms with van der Waals surface area (Å²) in [6, 6.07) is 13.2. The SMILES string of the molecule is COc1ccccc1C(=O)n1nc(C2CCN(C(=O)C(C)(C)C)CC2)cc1CCc1ccc(Cl)s1. The Morgan fingerprint density at radius 3 is 2.46 bits per heavy atom. The molecule has 1 aliphatic heterocycles. The summed E-state index contributed by atoms with van der Waals surface area (Å²) in [5.74, 6) is 0.719. The Morgan fingerprint density at radius 1 is 1.11 bits per heavy atom. The Kier molecular flexibility index (Phi) is 7.67. The quantitative estimate of drug-likeness (QED) is 0.416. The molecule has 3 aromatic rings. The molecule has 0 spiro atoms. The Morgan fingerprint density at radius 2 is 1.83 bits per heavy atom. The lowest BCUT2D eigenvalue weighted by atomic mass is 9.89. The molecule has 3 heterocycles. The molecule has 186 valence electrons. The number of hydrogen-bond acceptors (Lipinski definition) is 5. The first kappa shape index (κ1) is 25.5. The number of amides is 1. The van der Waals surface area contributed by atoms with Gasteiger partial charge in [-0.15, -0.1) is 11.3 Å². The first-order chi connectivity index (χ1) is 16.7. The Hall–Kier alpha value is -2.64. The van der Waals surface area contributed by atoms with E-state index in [9.17, 15) is 9.59 Å². The standard InChI is InChI=1S/C27H32ClN3O3S/c1-27(2,3)26(33)30-15-13-18(14-16-30)22-17-19(9-10-20-11-12-24(28)35-20)31(29-22)25(32)21-7-5-6-8-23(21)34-4/h5-8,11-12,17-18H,9-10,13-16H2,1-4H3. The number of ether oxygens (including phenoxy) is 1. The van der Waals surface area contributed by atoms with Crippen LogP contribution in [0.25, 0.3) is 0 Å². The number of aryl methyl sites for hydroxylation is 2. The molecule has 4 rings (SSSR count). The van der Waals surface area contributed by atoms with Crippen LogP contribution >= 0.6 is 22.9 Å². The number of nitrogens with zero attached hydrogens (tertiary/aromatic N) is 3. The van der Waals surface area contributed by atoms with Crippen LogP contribution < -0.4 is 4.74 Å². The number of aromatic nitrogens is 2. The molecule has 1 fully saturated rings. The van der Waals surface area contributed by atoms with E-state index in [0.717, 1.165) is 35.0 Å². The van der Waals surface area contributed by atoms with Crippen LogP contribution in [-0.4, -0.2) is 46.7 Å². The van der Waals surface area contributed by atoms with E-state index in [2.05, 4.69) is 6.07 Å². The smallest absolute Gasteiger partial charge is 0.282 e. The highest BCUT2D eigenvalue weighted by Crippen LogP contribution is 2.31. The number of benzene rings is 1. The molecule has 1 aromatic carbocycles. The summed E-state index contributed by atoms with van der Waals surface area (Å²) in [5.41, 5.74) is 1.88. The fraction of sp³-hybridized carbons (Fsp3) is 0.444. The third kappa shape index (κ3) is 5.78. The molecule has 1 amide bonds. The van der Waals surface area contributed by atoms with Crippen molar-refractivity contribution in [1.29, 1.82) is 0 Å². The van der Waals surface area contributed by atoms with Gasteiger partial charge >= 0.3 is 0 Å². The predicted molar refractivity (Wildman–Crippen MR) is 140 cm³/mol. The monoisotopic (exact) mass is 513 g/mol. The summed E-state index contributed by atoms with van der Waals surface area (Å²) >= 11 is 7.67. The third-order valence-corrected chi connectivity index (χ3v) is 7.72. The van der Waals surface area contributed by atoms with Gasteiger partial charge in [-0.25, -0.2) is 4.68 Å². The van der Waals surface area contributed by atoms with Crippen molar-refractivity contribution < 1.29 is 14.3 Å². The Balaban J connectivity index is 1.58. The number of piperidine rings is 1. The Labute approximate surface area is 215 Å². The maximum Gasteiger partial charge on any atom is 0.282 e. The van der Waals surface area contributed by atoms with Crippen LogP contribution in [0.1, 0.15) is 66.2 Å². The fourth-order valence-electron chi connectivity index (χ4n) is 4.52. The van der Waals surface area contributed by atoms with Crippen molar-refractivity contribution in [1.82, 2.24) is 14.7 Å². The van der Waals surface area contributed by atoms with Crippen LogP contribution in [0.15, 0.2) is 42.5 Å². The molecule has 1 aliphatic rings. The Bertz CT molecular complexity index is 1200. The normalized spacial score (nSPS) is 14.8. The van der Waals surface area contributed by atoms with Gasteiger partial charge < -0.3 is 9.64 Å².